The maximum absolute atomic E-state index is 3.54. The van der Waals surface area contributed by atoms with E-state index in [9.17, 15) is 0 Å². The molecule has 0 aliphatic heterocycles. The second-order valence-electron chi connectivity index (χ2n) is 5.07. The predicted molar refractivity (Wildman–Crippen MR) is 76.1 cm³/mol. The van der Waals surface area contributed by atoms with Gasteiger partial charge in [-0.05, 0) is 24.4 Å². The Hall–Kier alpha value is -0.820. The van der Waals surface area contributed by atoms with E-state index in [1.54, 1.807) is 0 Å². The molecule has 1 unspecified atom stereocenters. The molecule has 1 N–H and O–H groups in total. The predicted octanol–water partition coefficient (Wildman–Crippen LogP) is 4.38. The Labute approximate surface area is 107 Å². The third kappa shape index (κ3) is 7.17. The molecule has 0 heterocycles. The number of hydrogen-bond acceptors (Lipinski definition) is 1. The van der Waals surface area contributed by atoms with E-state index >= 15 is 0 Å². The summed E-state index contributed by atoms with van der Waals surface area (Å²) in [6.07, 6.45) is 6.88. The maximum atomic E-state index is 3.54. The monoisotopic (exact) mass is 233 g/mol. The summed E-state index contributed by atoms with van der Waals surface area (Å²) < 4.78 is 0. The van der Waals surface area contributed by atoms with Crippen molar-refractivity contribution in [1.82, 2.24) is 5.32 Å². The van der Waals surface area contributed by atoms with Crippen molar-refractivity contribution in [1.29, 1.82) is 0 Å². The Bertz CT molecular complexity index is 268. The van der Waals surface area contributed by atoms with Crippen molar-refractivity contribution in [3.63, 3.8) is 0 Å². The van der Waals surface area contributed by atoms with Gasteiger partial charge in [-0.25, -0.2) is 0 Å². The van der Waals surface area contributed by atoms with Crippen LogP contribution in [0.2, 0.25) is 0 Å². The molecule has 0 aliphatic rings. The fourth-order valence-corrected chi connectivity index (χ4v) is 2.08. The summed E-state index contributed by atoms with van der Waals surface area (Å²) in [5, 5.41) is 3.54. The van der Waals surface area contributed by atoms with Crippen LogP contribution in [0, 0.1) is 5.92 Å². The van der Waals surface area contributed by atoms with Gasteiger partial charge in [0.25, 0.3) is 0 Å². The highest BCUT2D eigenvalue weighted by atomic mass is 14.8. The molecule has 96 valence electrons. The molecule has 0 spiro atoms. The molecule has 1 aromatic carbocycles. The number of rotatable bonds is 9. The Morgan fingerprint density at radius 2 is 1.82 bits per heavy atom. The Kier molecular flexibility index (Phi) is 7.74. The lowest BCUT2D eigenvalue weighted by Crippen LogP contribution is -2.20. The normalized spacial score (nSPS) is 12.6. The number of benzene rings is 1. The molecule has 1 atom stereocenters. The van der Waals surface area contributed by atoms with Crippen LogP contribution in [0.3, 0.4) is 0 Å². The van der Waals surface area contributed by atoms with Gasteiger partial charge in [0.15, 0.2) is 0 Å². The molecular formula is C16H27N. The second kappa shape index (κ2) is 9.23. The summed E-state index contributed by atoms with van der Waals surface area (Å²) in [5.41, 5.74) is 1.38. The van der Waals surface area contributed by atoms with Gasteiger partial charge in [-0.3, -0.25) is 0 Å². The van der Waals surface area contributed by atoms with Gasteiger partial charge in [0, 0.05) is 6.54 Å². The highest BCUT2D eigenvalue weighted by molar-refractivity contribution is 5.14. The summed E-state index contributed by atoms with van der Waals surface area (Å²) >= 11 is 0. The molecule has 1 heteroatoms. The standard InChI is InChI=1S/C16H27N/c1-3-4-5-7-10-15(2)13-17-14-16-11-8-6-9-12-16/h6,8-9,11-12,15,17H,3-5,7,10,13-14H2,1-2H3. The summed E-state index contributed by atoms with van der Waals surface area (Å²) in [7, 11) is 0. The van der Waals surface area contributed by atoms with Crippen molar-refractivity contribution < 1.29 is 0 Å². The zero-order chi connectivity index (χ0) is 12.3. The van der Waals surface area contributed by atoms with E-state index in [0.29, 0.717) is 0 Å². The van der Waals surface area contributed by atoms with Gasteiger partial charge in [0.05, 0.1) is 0 Å². The largest absolute Gasteiger partial charge is 0.312 e. The Morgan fingerprint density at radius 3 is 2.53 bits per heavy atom. The molecule has 1 aromatic rings. The molecule has 0 saturated carbocycles. The first kappa shape index (κ1) is 14.2. The molecule has 0 aliphatic carbocycles. The van der Waals surface area contributed by atoms with Crippen LogP contribution >= 0.6 is 0 Å². The van der Waals surface area contributed by atoms with Crippen LogP contribution in [0.25, 0.3) is 0 Å². The average Bonchev–Trinajstić information content (AvgIpc) is 2.36. The van der Waals surface area contributed by atoms with Gasteiger partial charge in [-0.2, -0.15) is 0 Å². The van der Waals surface area contributed by atoms with E-state index in [2.05, 4.69) is 49.5 Å². The first-order valence-electron chi connectivity index (χ1n) is 7.07. The van der Waals surface area contributed by atoms with E-state index in [1.165, 1.54) is 37.7 Å². The molecule has 0 aromatic heterocycles. The molecule has 0 fully saturated rings. The summed E-state index contributed by atoms with van der Waals surface area (Å²) in [5.74, 6) is 0.801. The summed E-state index contributed by atoms with van der Waals surface area (Å²) in [4.78, 5) is 0. The third-order valence-electron chi connectivity index (χ3n) is 3.22. The van der Waals surface area contributed by atoms with Crippen LogP contribution < -0.4 is 5.32 Å². The lowest BCUT2D eigenvalue weighted by atomic mass is 10.0. The minimum atomic E-state index is 0.801. The summed E-state index contributed by atoms with van der Waals surface area (Å²) in [6.45, 7) is 6.76. The van der Waals surface area contributed by atoms with Crippen LogP contribution in [0.1, 0.15) is 51.5 Å². The number of nitrogens with one attached hydrogen (secondary N) is 1. The molecule has 1 nitrogen and oxygen atoms in total. The van der Waals surface area contributed by atoms with Gasteiger partial charge < -0.3 is 5.32 Å². The highest BCUT2D eigenvalue weighted by Crippen LogP contribution is 2.09. The minimum absolute atomic E-state index is 0.801. The van der Waals surface area contributed by atoms with Gasteiger partial charge in [0.2, 0.25) is 0 Å². The highest BCUT2D eigenvalue weighted by Gasteiger charge is 2.01. The van der Waals surface area contributed by atoms with Crippen LogP contribution in [-0.2, 0) is 6.54 Å². The molecular weight excluding hydrogens is 206 g/mol. The SMILES string of the molecule is CCCCCCC(C)CNCc1ccccc1. The van der Waals surface area contributed by atoms with Crippen molar-refractivity contribution in [3.05, 3.63) is 35.9 Å². The van der Waals surface area contributed by atoms with Crippen LogP contribution in [0.15, 0.2) is 30.3 Å². The zero-order valence-corrected chi connectivity index (χ0v) is 11.4. The Balaban J connectivity index is 2.02. The quantitative estimate of drug-likeness (QED) is 0.624. The van der Waals surface area contributed by atoms with Crippen molar-refractivity contribution in [2.45, 2.75) is 52.5 Å². The van der Waals surface area contributed by atoms with Crippen LogP contribution in [0.4, 0.5) is 0 Å². The zero-order valence-electron chi connectivity index (χ0n) is 11.4. The lowest BCUT2D eigenvalue weighted by Gasteiger charge is -2.12. The van der Waals surface area contributed by atoms with Crippen molar-refractivity contribution in [2.24, 2.45) is 5.92 Å². The van der Waals surface area contributed by atoms with Gasteiger partial charge in [-0.15, -0.1) is 0 Å². The van der Waals surface area contributed by atoms with Crippen LogP contribution in [-0.4, -0.2) is 6.54 Å². The molecule has 0 radical (unpaired) electrons. The third-order valence-corrected chi connectivity index (χ3v) is 3.22. The molecule has 0 saturated heterocycles. The van der Waals surface area contributed by atoms with Gasteiger partial charge >= 0.3 is 0 Å². The van der Waals surface area contributed by atoms with E-state index < -0.39 is 0 Å². The average molecular weight is 233 g/mol. The minimum Gasteiger partial charge on any atom is -0.312 e. The lowest BCUT2D eigenvalue weighted by molar-refractivity contribution is 0.454. The van der Waals surface area contributed by atoms with E-state index in [0.717, 1.165) is 19.0 Å². The van der Waals surface area contributed by atoms with E-state index in [-0.39, 0.29) is 0 Å². The Morgan fingerprint density at radius 1 is 1.06 bits per heavy atom. The van der Waals surface area contributed by atoms with E-state index in [1.807, 2.05) is 0 Å². The van der Waals surface area contributed by atoms with Gasteiger partial charge in [-0.1, -0.05) is 69.9 Å². The van der Waals surface area contributed by atoms with Crippen molar-refractivity contribution >= 4 is 0 Å². The van der Waals surface area contributed by atoms with Crippen LogP contribution in [0.5, 0.6) is 0 Å². The number of unbranched alkanes of at least 4 members (excludes halogenated alkanes) is 3. The molecule has 0 bridgehead atoms. The summed E-state index contributed by atoms with van der Waals surface area (Å²) in [6, 6.07) is 10.6. The van der Waals surface area contributed by atoms with E-state index in [4.69, 9.17) is 0 Å². The fourth-order valence-electron chi connectivity index (χ4n) is 2.08. The number of hydrogen-bond donors (Lipinski definition) is 1. The first-order chi connectivity index (χ1) is 8.33. The molecule has 17 heavy (non-hydrogen) atoms. The smallest absolute Gasteiger partial charge is 0.0205 e. The topological polar surface area (TPSA) is 12.0 Å². The maximum Gasteiger partial charge on any atom is 0.0205 e. The molecule has 0 amide bonds. The second-order valence-corrected chi connectivity index (χ2v) is 5.07. The molecule has 1 rings (SSSR count). The van der Waals surface area contributed by atoms with Gasteiger partial charge in [0.1, 0.15) is 0 Å². The first-order valence-corrected chi connectivity index (χ1v) is 7.07. The van der Waals surface area contributed by atoms with Crippen molar-refractivity contribution in [2.75, 3.05) is 6.54 Å². The van der Waals surface area contributed by atoms with Crippen molar-refractivity contribution in [3.8, 4) is 0 Å². The fraction of sp³-hybridized carbons (Fsp3) is 0.625.